The molecule has 0 saturated carbocycles. The first-order valence-corrected chi connectivity index (χ1v) is 16.5. The summed E-state index contributed by atoms with van der Waals surface area (Å²) in [5.74, 6) is -0.258. The van der Waals surface area contributed by atoms with E-state index < -0.39 is 34.3 Å². The fourth-order valence-electron chi connectivity index (χ4n) is 4.29. The highest BCUT2D eigenvalue weighted by Crippen LogP contribution is 2.60. The first-order valence-electron chi connectivity index (χ1n) is 12.2. The van der Waals surface area contributed by atoms with Crippen molar-refractivity contribution in [2.24, 2.45) is 0 Å². The van der Waals surface area contributed by atoms with E-state index in [0.29, 0.717) is 28.1 Å². The molecule has 0 bridgehead atoms. The number of anilines is 1. The number of nitrogens with zero attached hydrogens (tertiary/aromatic N) is 2. The maximum absolute atomic E-state index is 14.3. The number of carbonyl (C=O) groups is 1. The number of halogens is 3. The Morgan fingerprint density at radius 3 is 2.24 bits per heavy atom. The summed E-state index contributed by atoms with van der Waals surface area (Å²) < 4.78 is 66.5. The van der Waals surface area contributed by atoms with Gasteiger partial charge in [0.2, 0.25) is 5.91 Å². The molecule has 0 aliphatic rings. The fraction of sp³-hybridized carbons (Fsp3) is 0.185. The van der Waals surface area contributed by atoms with Crippen LogP contribution >= 0.6 is 23.5 Å². The lowest BCUT2D eigenvalue weighted by molar-refractivity contribution is -0.114. The Bertz CT molecular complexity index is 1880. The van der Waals surface area contributed by atoms with Crippen LogP contribution in [0, 0.1) is 0 Å². The predicted molar refractivity (Wildman–Crippen MR) is 156 cm³/mol. The molecule has 3 aromatic carbocycles. The van der Waals surface area contributed by atoms with Crippen molar-refractivity contribution in [2.75, 3.05) is 11.6 Å². The number of imidazole rings is 1. The minimum absolute atomic E-state index is 0.0832. The van der Waals surface area contributed by atoms with Crippen molar-refractivity contribution in [2.45, 2.75) is 30.6 Å². The number of amides is 1. The Labute approximate surface area is 247 Å². The molecule has 1 amide bonds. The quantitative estimate of drug-likeness (QED) is 0.215. The summed E-state index contributed by atoms with van der Waals surface area (Å²) in [6.45, 7) is 1.38. The lowest BCUT2D eigenvalue weighted by Crippen LogP contribution is -2.25. The molecule has 0 saturated heterocycles. The number of carbonyl (C=O) groups excluding carboxylic acids is 1. The Hall–Kier alpha value is -3.42. The van der Waals surface area contributed by atoms with E-state index in [0.717, 1.165) is 12.3 Å². The van der Waals surface area contributed by atoms with E-state index in [4.69, 9.17) is 9.79 Å². The van der Waals surface area contributed by atoms with Gasteiger partial charge in [0.1, 0.15) is 0 Å². The maximum Gasteiger partial charge on any atom is 0.399 e. The van der Waals surface area contributed by atoms with Gasteiger partial charge < -0.3 is 15.1 Å². The number of rotatable bonds is 9. The van der Waals surface area contributed by atoms with Crippen molar-refractivity contribution < 1.29 is 36.3 Å². The van der Waals surface area contributed by atoms with E-state index in [1.165, 1.54) is 40.3 Å². The normalized spacial score (nSPS) is 12.4. The number of nitrogens with one attached hydrogen (secondary N) is 1. The summed E-state index contributed by atoms with van der Waals surface area (Å²) in [5, 5.41) is 2.68. The zero-order valence-electron chi connectivity index (χ0n) is 22.2. The maximum atomic E-state index is 14.3. The SMILES string of the molecule is CC(=O)Nc1cccc(Cn2cc(-c3ccc(S(C)(=O)=O)cc3)n(Cc3ccc(C(F)(F)P(=O)(O)O)c(Br)c3)c2=O)c1. The van der Waals surface area contributed by atoms with Gasteiger partial charge in [-0.15, -0.1) is 0 Å². The third kappa shape index (κ3) is 6.79. The minimum atomic E-state index is -5.80. The Balaban J connectivity index is 1.78. The summed E-state index contributed by atoms with van der Waals surface area (Å²) in [4.78, 5) is 43.4. The van der Waals surface area contributed by atoms with Crippen LogP contribution in [0.5, 0.6) is 0 Å². The second-order valence-corrected chi connectivity index (χ2v) is 14.1. The van der Waals surface area contributed by atoms with Crippen molar-refractivity contribution in [3.8, 4) is 11.3 Å². The lowest BCUT2D eigenvalue weighted by atomic mass is 10.1. The number of alkyl halides is 2. The molecule has 0 atom stereocenters. The van der Waals surface area contributed by atoms with E-state index in [-0.39, 0.29) is 28.4 Å². The minimum Gasteiger partial charge on any atom is -0.326 e. The molecule has 1 heterocycles. The molecule has 4 aromatic rings. The molecule has 0 unspecified atom stereocenters. The van der Waals surface area contributed by atoms with Crippen LogP contribution in [-0.4, -0.2) is 39.5 Å². The number of sulfone groups is 1. The number of hydrogen-bond donors (Lipinski definition) is 3. The van der Waals surface area contributed by atoms with Gasteiger partial charge >= 0.3 is 18.9 Å². The first-order chi connectivity index (χ1) is 19.5. The fourth-order valence-corrected chi connectivity index (χ4v) is 6.26. The van der Waals surface area contributed by atoms with Crippen molar-refractivity contribution in [3.63, 3.8) is 0 Å². The molecular weight excluding hydrogens is 659 g/mol. The molecule has 0 aliphatic carbocycles. The Kier molecular flexibility index (Phi) is 8.77. The van der Waals surface area contributed by atoms with Crippen molar-refractivity contribution in [1.82, 2.24) is 9.13 Å². The van der Waals surface area contributed by atoms with Crippen molar-refractivity contribution >= 4 is 45.0 Å². The highest BCUT2D eigenvalue weighted by Gasteiger charge is 2.51. The summed E-state index contributed by atoms with van der Waals surface area (Å²) in [7, 11) is -9.27. The van der Waals surface area contributed by atoms with Crippen LogP contribution in [0.3, 0.4) is 0 Å². The van der Waals surface area contributed by atoms with Gasteiger partial charge in [-0.05, 0) is 47.0 Å². The molecule has 0 spiro atoms. The van der Waals surface area contributed by atoms with Crippen LogP contribution in [0.1, 0.15) is 23.6 Å². The van der Waals surface area contributed by atoms with Crippen LogP contribution < -0.4 is 11.0 Å². The number of aromatic nitrogens is 2. The zero-order valence-corrected chi connectivity index (χ0v) is 25.5. The number of hydrogen-bond acceptors (Lipinski definition) is 5. The van der Waals surface area contributed by atoms with Gasteiger partial charge in [0.25, 0.3) is 0 Å². The molecular formula is C27H25BrF2N3O7PS. The molecule has 0 fully saturated rings. The van der Waals surface area contributed by atoms with Gasteiger partial charge in [-0.1, -0.05) is 52.3 Å². The summed E-state index contributed by atoms with van der Waals surface area (Å²) in [5.41, 5.74) is -3.28. The van der Waals surface area contributed by atoms with Gasteiger partial charge in [-0.3, -0.25) is 18.5 Å². The topological polar surface area (TPSA) is 148 Å². The van der Waals surface area contributed by atoms with Crippen LogP contribution in [0.4, 0.5) is 14.5 Å². The first kappa shape index (κ1) is 31.5. The second kappa shape index (κ2) is 11.7. The molecule has 1 aromatic heterocycles. The third-order valence-electron chi connectivity index (χ3n) is 6.29. The molecule has 3 N–H and O–H groups in total. The van der Waals surface area contributed by atoms with Crippen LogP contribution in [0.2, 0.25) is 0 Å². The molecule has 4 rings (SSSR count). The van der Waals surface area contributed by atoms with Crippen LogP contribution in [0.15, 0.2) is 87.1 Å². The summed E-state index contributed by atoms with van der Waals surface area (Å²) in [6, 6.07) is 16.2. The largest absolute Gasteiger partial charge is 0.399 e. The molecule has 222 valence electrons. The standard InChI is InChI=1S/C27H25BrF2N3O7PS/c1-17(34)31-21-5-3-4-18(12-21)14-32-16-25(20-7-9-22(10-8-20)42(2,39)40)33(26(32)35)15-19-6-11-23(24(28)13-19)27(29,30)41(36,37)38/h3-13,16H,14-15H2,1-2H3,(H,31,34)(H2,36,37,38). The average molecular weight is 684 g/mol. The molecule has 42 heavy (non-hydrogen) atoms. The van der Waals surface area contributed by atoms with Crippen LogP contribution in [0.25, 0.3) is 11.3 Å². The molecule has 10 nitrogen and oxygen atoms in total. The van der Waals surface area contributed by atoms with Crippen LogP contribution in [-0.2, 0) is 37.9 Å². The highest BCUT2D eigenvalue weighted by molar-refractivity contribution is 9.10. The summed E-state index contributed by atoms with van der Waals surface area (Å²) >= 11 is 2.97. The summed E-state index contributed by atoms with van der Waals surface area (Å²) in [6.07, 6.45) is 2.65. The Morgan fingerprint density at radius 1 is 1.02 bits per heavy atom. The Morgan fingerprint density at radius 2 is 1.67 bits per heavy atom. The van der Waals surface area contributed by atoms with Gasteiger partial charge in [0, 0.05) is 35.1 Å². The predicted octanol–water partition coefficient (Wildman–Crippen LogP) is 4.76. The van der Waals surface area contributed by atoms with E-state index in [1.54, 1.807) is 42.6 Å². The molecule has 0 aliphatic heterocycles. The van der Waals surface area contributed by atoms with E-state index in [9.17, 15) is 31.4 Å². The number of benzene rings is 3. The van der Waals surface area contributed by atoms with Crippen molar-refractivity contribution in [3.05, 3.63) is 105 Å². The van der Waals surface area contributed by atoms with Gasteiger partial charge in [0.15, 0.2) is 9.84 Å². The second-order valence-electron chi connectivity index (χ2n) is 9.59. The van der Waals surface area contributed by atoms with E-state index in [2.05, 4.69) is 21.2 Å². The average Bonchev–Trinajstić information content (AvgIpc) is 3.17. The van der Waals surface area contributed by atoms with Crippen molar-refractivity contribution in [1.29, 1.82) is 0 Å². The van der Waals surface area contributed by atoms with Gasteiger partial charge in [-0.25, -0.2) is 13.2 Å². The monoisotopic (exact) mass is 683 g/mol. The van der Waals surface area contributed by atoms with Gasteiger partial charge in [-0.2, -0.15) is 8.78 Å². The van der Waals surface area contributed by atoms with E-state index >= 15 is 0 Å². The van der Waals surface area contributed by atoms with E-state index in [1.807, 2.05) is 0 Å². The zero-order chi connectivity index (χ0) is 31.0. The molecule has 15 heteroatoms. The van der Waals surface area contributed by atoms with Gasteiger partial charge in [0.05, 0.1) is 23.7 Å². The third-order valence-corrected chi connectivity index (χ3v) is 9.05. The highest BCUT2D eigenvalue weighted by atomic mass is 79.9. The smallest absolute Gasteiger partial charge is 0.326 e. The lowest BCUT2D eigenvalue weighted by Gasteiger charge is -2.19. The molecule has 0 radical (unpaired) electrons.